The summed E-state index contributed by atoms with van der Waals surface area (Å²) in [4.78, 5) is 11.7. The molecule has 0 saturated heterocycles. The number of nitrogens with one attached hydrogen (secondary N) is 2. The molecular formula is C18H26N2O2. The highest BCUT2D eigenvalue weighted by Gasteiger charge is 2.04. The number of urea groups is 1. The van der Waals surface area contributed by atoms with E-state index in [-0.39, 0.29) is 6.03 Å². The standard InChI is InChI=1S/C18H26N2O2/c1-22-17-9-7-16(8-10-17)12-14-20-18(21)19-13-11-15-5-3-2-4-6-15/h5,7-10H,2-4,6,11-14H2,1H3,(H2,19,20,21). The minimum absolute atomic E-state index is 0.0788. The van der Waals surface area contributed by atoms with Gasteiger partial charge in [-0.3, -0.25) is 0 Å². The summed E-state index contributed by atoms with van der Waals surface area (Å²) in [6.07, 6.45) is 9.12. The van der Waals surface area contributed by atoms with Gasteiger partial charge in [-0.05, 0) is 56.2 Å². The fourth-order valence-corrected chi connectivity index (χ4v) is 2.64. The molecule has 1 aliphatic rings. The number of benzene rings is 1. The van der Waals surface area contributed by atoms with Gasteiger partial charge in [0.25, 0.3) is 0 Å². The number of allylic oxidation sites excluding steroid dienone is 1. The van der Waals surface area contributed by atoms with Crippen molar-refractivity contribution in [3.63, 3.8) is 0 Å². The molecule has 0 spiro atoms. The van der Waals surface area contributed by atoms with Crippen molar-refractivity contribution in [3.05, 3.63) is 41.5 Å². The Kier molecular flexibility index (Phi) is 6.81. The Labute approximate surface area is 132 Å². The number of ether oxygens (including phenoxy) is 1. The number of rotatable bonds is 7. The summed E-state index contributed by atoms with van der Waals surface area (Å²) in [6.45, 7) is 1.36. The third-order valence-corrected chi connectivity index (χ3v) is 3.97. The van der Waals surface area contributed by atoms with Gasteiger partial charge in [0.2, 0.25) is 0 Å². The second-order valence-corrected chi connectivity index (χ2v) is 5.64. The lowest BCUT2D eigenvalue weighted by Gasteiger charge is -2.13. The van der Waals surface area contributed by atoms with Crippen LogP contribution in [0, 0.1) is 0 Å². The molecule has 0 bridgehead atoms. The van der Waals surface area contributed by atoms with Crippen molar-refractivity contribution in [2.24, 2.45) is 0 Å². The smallest absolute Gasteiger partial charge is 0.314 e. The van der Waals surface area contributed by atoms with Gasteiger partial charge in [-0.15, -0.1) is 0 Å². The normalized spacial score (nSPS) is 14.1. The molecule has 2 amide bonds. The number of amides is 2. The zero-order valence-electron chi connectivity index (χ0n) is 13.4. The summed E-state index contributed by atoms with van der Waals surface area (Å²) in [5.74, 6) is 0.853. The van der Waals surface area contributed by atoms with Gasteiger partial charge in [0.15, 0.2) is 0 Å². The Morgan fingerprint density at radius 1 is 1.09 bits per heavy atom. The summed E-state index contributed by atoms with van der Waals surface area (Å²) in [6, 6.07) is 7.84. The van der Waals surface area contributed by atoms with Crippen molar-refractivity contribution < 1.29 is 9.53 Å². The Bertz CT molecular complexity index is 494. The quantitative estimate of drug-likeness (QED) is 0.758. The van der Waals surface area contributed by atoms with Crippen LogP contribution in [0.1, 0.15) is 37.7 Å². The molecular weight excluding hydrogens is 276 g/mol. The SMILES string of the molecule is COc1ccc(CCNC(=O)NCCC2=CCCCC2)cc1. The molecule has 0 radical (unpaired) electrons. The minimum Gasteiger partial charge on any atom is -0.497 e. The van der Waals surface area contributed by atoms with Crippen molar-refractivity contribution in [2.75, 3.05) is 20.2 Å². The zero-order chi connectivity index (χ0) is 15.6. The van der Waals surface area contributed by atoms with Crippen LogP contribution in [-0.2, 0) is 6.42 Å². The fraction of sp³-hybridized carbons (Fsp3) is 0.500. The molecule has 0 fully saturated rings. The first-order chi connectivity index (χ1) is 10.8. The lowest BCUT2D eigenvalue weighted by molar-refractivity contribution is 0.241. The fourth-order valence-electron chi connectivity index (χ4n) is 2.64. The molecule has 0 aliphatic heterocycles. The van der Waals surface area contributed by atoms with Gasteiger partial charge in [-0.1, -0.05) is 23.8 Å². The molecule has 0 unspecified atom stereocenters. The number of hydrogen-bond acceptors (Lipinski definition) is 2. The average Bonchev–Trinajstić information content (AvgIpc) is 2.56. The summed E-state index contributed by atoms with van der Waals surface area (Å²) in [5, 5.41) is 5.82. The Hall–Kier alpha value is -1.97. The second-order valence-electron chi connectivity index (χ2n) is 5.64. The zero-order valence-corrected chi connectivity index (χ0v) is 13.4. The summed E-state index contributed by atoms with van der Waals surface area (Å²) < 4.78 is 5.12. The number of methoxy groups -OCH3 is 1. The molecule has 0 heterocycles. The van der Waals surface area contributed by atoms with E-state index in [2.05, 4.69) is 16.7 Å². The van der Waals surface area contributed by atoms with Crippen LogP contribution in [0.2, 0.25) is 0 Å². The van der Waals surface area contributed by atoms with E-state index in [4.69, 9.17) is 4.74 Å². The Morgan fingerprint density at radius 3 is 2.45 bits per heavy atom. The van der Waals surface area contributed by atoms with Crippen LogP contribution >= 0.6 is 0 Å². The molecule has 22 heavy (non-hydrogen) atoms. The van der Waals surface area contributed by atoms with Gasteiger partial charge < -0.3 is 15.4 Å². The van der Waals surface area contributed by atoms with Gasteiger partial charge in [-0.2, -0.15) is 0 Å². The van der Waals surface area contributed by atoms with Crippen LogP contribution in [0.4, 0.5) is 4.79 Å². The molecule has 1 aromatic rings. The molecule has 4 nitrogen and oxygen atoms in total. The highest BCUT2D eigenvalue weighted by Crippen LogP contribution is 2.19. The van der Waals surface area contributed by atoms with Crippen LogP contribution in [0.25, 0.3) is 0 Å². The molecule has 120 valence electrons. The molecule has 4 heteroatoms. The van der Waals surface area contributed by atoms with Crippen LogP contribution in [-0.4, -0.2) is 26.2 Å². The lowest BCUT2D eigenvalue weighted by Crippen LogP contribution is -2.37. The molecule has 1 aliphatic carbocycles. The van der Waals surface area contributed by atoms with Gasteiger partial charge in [-0.25, -0.2) is 4.79 Å². The maximum atomic E-state index is 11.7. The van der Waals surface area contributed by atoms with E-state index in [0.717, 1.165) is 25.1 Å². The van der Waals surface area contributed by atoms with E-state index in [1.54, 1.807) is 7.11 Å². The summed E-state index contributed by atoms with van der Waals surface area (Å²) in [7, 11) is 1.66. The number of carbonyl (C=O) groups is 1. The third kappa shape index (κ3) is 5.80. The van der Waals surface area contributed by atoms with Gasteiger partial charge >= 0.3 is 6.03 Å². The van der Waals surface area contributed by atoms with Gasteiger partial charge in [0, 0.05) is 13.1 Å². The predicted octanol–water partition coefficient (Wildman–Crippen LogP) is 3.43. The minimum atomic E-state index is -0.0788. The van der Waals surface area contributed by atoms with Crippen LogP contribution < -0.4 is 15.4 Å². The predicted molar refractivity (Wildman–Crippen MR) is 89.3 cm³/mol. The van der Waals surface area contributed by atoms with E-state index in [1.165, 1.54) is 36.8 Å². The van der Waals surface area contributed by atoms with Crippen molar-refractivity contribution in [3.8, 4) is 5.75 Å². The van der Waals surface area contributed by atoms with Crippen molar-refractivity contribution in [1.29, 1.82) is 0 Å². The first kappa shape index (κ1) is 16.4. The second kappa shape index (κ2) is 9.13. The maximum absolute atomic E-state index is 11.7. The molecule has 0 aromatic heterocycles. The van der Waals surface area contributed by atoms with Gasteiger partial charge in [0.1, 0.15) is 5.75 Å². The Balaban J connectivity index is 1.57. The van der Waals surface area contributed by atoms with Crippen molar-refractivity contribution in [2.45, 2.75) is 38.5 Å². The third-order valence-electron chi connectivity index (χ3n) is 3.97. The van der Waals surface area contributed by atoms with Crippen LogP contribution in [0.15, 0.2) is 35.9 Å². The largest absolute Gasteiger partial charge is 0.497 e. The summed E-state index contributed by atoms with van der Waals surface area (Å²) in [5.41, 5.74) is 2.68. The summed E-state index contributed by atoms with van der Waals surface area (Å²) >= 11 is 0. The van der Waals surface area contributed by atoms with E-state index in [0.29, 0.717) is 6.54 Å². The average molecular weight is 302 g/mol. The van der Waals surface area contributed by atoms with Crippen molar-refractivity contribution in [1.82, 2.24) is 10.6 Å². The van der Waals surface area contributed by atoms with Gasteiger partial charge in [0.05, 0.1) is 7.11 Å². The first-order valence-electron chi connectivity index (χ1n) is 8.10. The highest BCUT2D eigenvalue weighted by atomic mass is 16.5. The first-order valence-corrected chi connectivity index (χ1v) is 8.10. The molecule has 0 saturated carbocycles. The van der Waals surface area contributed by atoms with Crippen LogP contribution in [0.5, 0.6) is 5.75 Å². The lowest BCUT2D eigenvalue weighted by atomic mass is 9.97. The van der Waals surface area contributed by atoms with E-state index < -0.39 is 0 Å². The van der Waals surface area contributed by atoms with E-state index >= 15 is 0 Å². The van der Waals surface area contributed by atoms with E-state index in [9.17, 15) is 4.79 Å². The maximum Gasteiger partial charge on any atom is 0.314 e. The Morgan fingerprint density at radius 2 is 1.82 bits per heavy atom. The monoisotopic (exact) mass is 302 g/mol. The molecule has 2 N–H and O–H groups in total. The highest BCUT2D eigenvalue weighted by molar-refractivity contribution is 5.73. The number of hydrogen-bond donors (Lipinski definition) is 2. The number of carbonyl (C=O) groups excluding carboxylic acids is 1. The van der Waals surface area contributed by atoms with E-state index in [1.807, 2.05) is 24.3 Å². The molecule has 1 aromatic carbocycles. The van der Waals surface area contributed by atoms with Crippen LogP contribution in [0.3, 0.4) is 0 Å². The molecule has 0 atom stereocenters. The molecule has 2 rings (SSSR count). The van der Waals surface area contributed by atoms with Crippen molar-refractivity contribution >= 4 is 6.03 Å². The topological polar surface area (TPSA) is 50.4 Å².